The molecule has 0 aliphatic carbocycles. The second-order valence-corrected chi connectivity index (χ2v) is 6.18. The van der Waals surface area contributed by atoms with Gasteiger partial charge in [-0.2, -0.15) is 0 Å². The van der Waals surface area contributed by atoms with Crippen LogP contribution in [0.5, 0.6) is 0 Å². The number of hydrogen-bond acceptors (Lipinski definition) is 2. The Morgan fingerprint density at radius 2 is 1.79 bits per heavy atom. The maximum atomic E-state index is 5.96. The van der Waals surface area contributed by atoms with Gasteiger partial charge in [-0.05, 0) is 18.3 Å². The maximum absolute atomic E-state index is 5.96. The highest BCUT2D eigenvalue weighted by Gasteiger charge is 2.25. The molecule has 0 heterocycles. The smallest absolute Gasteiger partial charge is 0.115 e. The van der Waals surface area contributed by atoms with Gasteiger partial charge in [-0.3, -0.25) is 0 Å². The predicted molar refractivity (Wildman–Crippen MR) is 83.0 cm³/mol. The number of unbranched alkanes of at least 4 members (excludes halogenated alkanes) is 4. The van der Waals surface area contributed by atoms with Gasteiger partial charge in [0.2, 0.25) is 0 Å². The van der Waals surface area contributed by atoms with Crippen LogP contribution in [0.25, 0.3) is 0 Å². The summed E-state index contributed by atoms with van der Waals surface area (Å²) in [5.41, 5.74) is 0.134. The van der Waals surface area contributed by atoms with Gasteiger partial charge in [-0.25, -0.2) is 0 Å². The molecule has 0 bridgehead atoms. The Hall–Kier alpha value is -0.920. The van der Waals surface area contributed by atoms with Crippen molar-refractivity contribution in [2.24, 2.45) is 5.41 Å². The zero-order chi connectivity index (χ0) is 14.7. The molecular weight excluding hydrogens is 236 g/mol. The Balaban J connectivity index is 4.18. The molecule has 0 amide bonds. The number of allylic oxidation sites excluding steroid dienone is 1. The molecule has 19 heavy (non-hydrogen) atoms. The van der Waals surface area contributed by atoms with E-state index in [-0.39, 0.29) is 11.5 Å². The monoisotopic (exact) mass is 268 g/mol. The summed E-state index contributed by atoms with van der Waals surface area (Å²) in [5, 5.41) is 0. The van der Waals surface area contributed by atoms with Gasteiger partial charge < -0.3 is 9.47 Å². The highest BCUT2D eigenvalue weighted by atomic mass is 16.5. The Morgan fingerprint density at radius 3 is 2.32 bits per heavy atom. The Morgan fingerprint density at radius 1 is 1.16 bits per heavy atom. The molecule has 0 rings (SSSR count). The third-order valence-corrected chi connectivity index (χ3v) is 3.22. The summed E-state index contributed by atoms with van der Waals surface area (Å²) in [6.45, 7) is 12.8. The van der Waals surface area contributed by atoms with Crippen LogP contribution in [0.15, 0.2) is 24.7 Å². The number of rotatable bonds is 10. The van der Waals surface area contributed by atoms with Crippen molar-refractivity contribution in [1.82, 2.24) is 0 Å². The lowest BCUT2D eigenvalue weighted by Gasteiger charge is -2.31. The first kappa shape index (κ1) is 18.1. The number of methoxy groups -OCH3 is 1. The average Bonchev–Trinajstić information content (AvgIpc) is 2.33. The van der Waals surface area contributed by atoms with Gasteiger partial charge in [0.1, 0.15) is 11.9 Å². The van der Waals surface area contributed by atoms with E-state index < -0.39 is 0 Å². The van der Waals surface area contributed by atoms with Crippen LogP contribution in [-0.2, 0) is 9.47 Å². The molecule has 0 aliphatic rings. The normalized spacial score (nSPS) is 13.5. The SMILES string of the molecule is C=C(/C=C/OC)OC(CCCCCCC)C(C)(C)C. The fraction of sp³-hybridized carbons (Fsp3) is 0.765. The number of ether oxygens (including phenoxy) is 2. The number of hydrogen-bond donors (Lipinski definition) is 0. The van der Waals surface area contributed by atoms with E-state index in [1.54, 1.807) is 19.4 Å². The lowest BCUT2D eigenvalue weighted by Crippen LogP contribution is -2.28. The molecule has 0 aliphatic heterocycles. The topological polar surface area (TPSA) is 18.5 Å². The minimum Gasteiger partial charge on any atom is -0.504 e. The predicted octanol–water partition coefficient (Wildman–Crippen LogP) is 5.45. The average molecular weight is 268 g/mol. The van der Waals surface area contributed by atoms with Crippen LogP contribution in [-0.4, -0.2) is 13.2 Å². The van der Waals surface area contributed by atoms with E-state index in [1.807, 2.05) is 0 Å². The summed E-state index contributed by atoms with van der Waals surface area (Å²) >= 11 is 0. The molecule has 2 heteroatoms. The molecule has 0 radical (unpaired) electrons. The Kier molecular flexibility index (Phi) is 9.46. The van der Waals surface area contributed by atoms with Crippen LogP contribution in [0.3, 0.4) is 0 Å². The lowest BCUT2D eigenvalue weighted by molar-refractivity contribution is 0.0248. The van der Waals surface area contributed by atoms with Crippen molar-refractivity contribution in [2.45, 2.75) is 72.3 Å². The summed E-state index contributed by atoms with van der Waals surface area (Å²) in [6.07, 6.45) is 11.2. The van der Waals surface area contributed by atoms with Gasteiger partial charge in [0.15, 0.2) is 0 Å². The van der Waals surface area contributed by atoms with Crippen LogP contribution in [0.2, 0.25) is 0 Å². The highest BCUT2D eigenvalue weighted by molar-refractivity contribution is 5.05. The first-order valence-electron chi connectivity index (χ1n) is 7.46. The van der Waals surface area contributed by atoms with Crippen molar-refractivity contribution in [3.63, 3.8) is 0 Å². The lowest BCUT2D eigenvalue weighted by atomic mass is 9.85. The van der Waals surface area contributed by atoms with Crippen LogP contribution >= 0.6 is 0 Å². The minimum atomic E-state index is 0.134. The van der Waals surface area contributed by atoms with Crippen LogP contribution in [0.1, 0.15) is 66.2 Å². The van der Waals surface area contributed by atoms with Crippen LogP contribution in [0.4, 0.5) is 0 Å². The summed E-state index contributed by atoms with van der Waals surface area (Å²) in [4.78, 5) is 0. The molecule has 1 unspecified atom stereocenters. The van der Waals surface area contributed by atoms with Crippen molar-refractivity contribution in [3.8, 4) is 0 Å². The molecule has 0 N–H and O–H groups in total. The van der Waals surface area contributed by atoms with Gasteiger partial charge in [0.25, 0.3) is 0 Å². The van der Waals surface area contributed by atoms with Gasteiger partial charge in [-0.15, -0.1) is 0 Å². The van der Waals surface area contributed by atoms with Gasteiger partial charge in [-0.1, -0.05) is 60.0 Å². The van der Waals surface area contributed by atoms with Crippen LogP contribution < -0.4 is 0 Å². The summed E-state index contributed by atoms with van der Waals surface area (Å²) in [6, 6.07) is 0. The van der Waals surface area contributed by atoms with Gasteiger partial charge in [0, 0.05) is 6.08 Å². The molecule has 1 atom stereocenters. The van der Waals surface area contributed by atoms with E-state index in [4.69, 9.17) is 9.47 Å². The first-order valence-corrected chi connectivity index (χ1v) is 7.46. The molecule has 0 aromatic carbocycles. The van der Waals surface area contributed by atoms with E-state index >= 15 is 0 Å². The molecule has 0 aromatic heterocycles. The Labute approximate surface area is 119 Å². The van der Waals surface area contributed by atoms with E-state index in [0.717, 1.165) is 6.42 Å². The largest absolute Gasteiger partial charge is 0.504 e. The fourth-order valence-electron chi connectivity index (χ4n) is 1.97. The summed E-state index contributed by atoms with van der Waals surface area (Å²) < 4.78 is 10.8. The summed E-state index contributed by atoms with van der Waals surface area (Å²) in [5.74, 6) is 0.676. The van der Waals surface area contributed by atoms with Crippen LogP contribution in [0, 0.1) is 5.41 Å². The minimum absolute atomic E-state index is 0.134. The third-order valence-electron chi connectivity index (χ3n) is 3.22. The van der Waals surface area contributed by atoms with Gasteiger partial charge >= 0.3 is 0 Å². The quantitative estimate of drug-likeness (QED) is 0.298. The van der Waals surface area contributed by atoms with Crippen molar-refractivity contribution < 1.29 is 9.47 Å². The van der Waals surface area contributed by atoms with Gasteiger partial charge in [0.05, 0.1) is 13.4 Å². The van der Waals surface area contributed by atoms with E-state index in [1.165, 1.54) is 32.1 Å². The maximum Gasteiger partial charge on any atom is 0.115 e. The van der Waals surface area contributed by atoms with Crippen molar-refractivity contribution in [1.29, 1.82) is 0 Å². The fourth-order valence-corrected chi connectivity index (χ4v) is 1.97. The molecule has 0 saturated heterocycles. The molecule has 0 saturated carbocycles. The second-order valence-electron chi connectivity index (χ2n) is 6.18. The summed E-state index contributed by atoms with van der Waals surface area (Å²) in [7, 11) is 1.62. The Bertz CT molecular complexity index is 261. The van der Waals surface area contributed by atoms with Crippen molar-refractivity contribution in [2.75, 3.05) is 7.11 Å². The zero-order valence-corrected chi connectivity index (χ0v) is 13.5. The van der Waals surface area contributed by atoms with Crippen molar-refractivity contribution in [3.05, 3.63) is 24.7 Å². The molecule has 0 aromatic rings. The first-order chi connectivity index (χ1) is 8.91. The van der Waals surface area contributed by atoms with E-state index in [9.17, 15) is 0 Å². The highest BCUT2D eigenvalue weighted by Crippen LogP contribution is 2.28. The second kappa shape index (κ2) is 9.94. The van der Waals surface area contributed by atoms with Crippen molar-refractivity contribution >= 4 is 0 Å². The molecule has 2 nitrogen and oxygen atoms in total. The molecule has 112 valence electrons. The molecule has 0 fully saturated rings. The van der Waals surface area contributed by atoms with E-state index in [2.05, 4.69) is 34.3 Å². The molecule has 0 spiro atoms. The van der Waals surface area contributed by atoms with E-state index in [0.29, 0.717) is 5.76 Å². The standard InChI is InChI=1S/C17H32O2/c1-7-8-9-10-11-12-16(17(3,4)5)19-15(2)13-14-18-6/h13-14,16H,2,7-12H2,1,3-6H3/b14-13+. The zero-order valence-electron chi connectivity index (χ0n) is 13.5. The third kappa shape index (κ3) is 9.63. The molecular formula is C17H32O2.